The Balaban J connectivity index is 1.90. The molecule has 0 radical (unpaired) electrons. The van der Waals surface area contributed by atoms with Gasteiger partial charge in [0.2, 0.25) is 10.0 Å². The number of carboxylic acid groups (broad SMARTS) is 1. The van der Waals surface area contributed by atoms with Gasteiger partial charge in [0.1, 0.15) is 5.75 Å². The van der Waals surface area contributed by atoms with Gasteiger partial charge in [-0.1, -0.05) is 61.5 Å². The predicted octanol–water partition coefficient (Wildman–Crippen LogP) is 6.17. The molecule has 202 valence electrons. The Morgan fingerprint density at radius 1 is 1.00 bits per heavy atom. The van der Waals surface area contributed by atoms with Crippen molar-refractivity contribution in [2.45, 2.75) is 32.5 Å². The highest BCUT2D eigenvalue weighted by Crippen LogP contribution is 2.38. The summed E-state index contributed by atoms with van der Waals surface area (Å²) in [5.74, 6) is -1.43. The molecule has 0 saturated carbocycles. The summed E-state index contributed by atoms with van der Waals surface area (Å²) >= 11 is 0. The van der Waals surface area contributed by atoms with E-state index < -0.39 is 27.7 Å². The molecule has 0 bridgehead atoms. The summed E-state index contributed by atoms with van der Waals surface area (Å²) in [7, 11) is -3.86. The van der Waals surface area contributed by atoms with E-state index in [1.807, 2.05) is 0 Å². The molecule has 0 aliphatic carbocycles. The van der Waals surface area contributed by atoms with Crippen molar-refractivity contribution in [1.29, 1.82) is 0 Å². The zero-order valence-electron chi connectivity index (χ0n) is 20.7. The highest BCUT2D eigenvalue weighted by Gasteiger charge is 2.33. The van der Waals surface area contributed by atoms with Gasteiger partial charge in [0.15, 0.2) is 0 Å². The molecule has 0 aliphatic heterocycles. The van der Waals surface area contributed by atoms with Gasteiger partial charge in [-0.25, -0.2) is 13.2 Å². The molecule has 0 atom stereocenters. The van der Waals surface area contributed by atoms with Gasteiger partial charge in [-0.3, -0.25) is 4.31 Å². The van der Waals surface area contributed by atoms with Gasteiger partial charge in [-0.15, -0.1) is 0 Å². The smallest absolute Gasteiger partial charge is 0.416 e. The number of benzene rings is 3. The summed E-state index contributed by atoms with van der Waals surface area (Å²) in [6, 6.07) is 18.5. The fraction of sp³-hybridized carbons (Fsp3) is 0.250. The lowest BCUT2D eigenvalue weighted by atomic mass is 10.1. The fourth-order valence-corrected chi connectivity index (χ4v) is 5.24. The topological polar surface area (TPSA) is 83.9 Å². The number of sulfonamides is 1. The number of hydrogen-bond donors (Lipinski definition) is 1. The van der Waals surface area contributed by atoms with Gasteiger partial charge in [-0.2, -0.15) is 13.2 Å². The first-order valence-corrected chi connectivity index (χ1v) is 13.5. The molecule has 38 heavy (non-hydrogen) atoms. The normalized spacial score (nSPS) is 12.0. The molecule has 0 saturated heterocycles. The van der Waals surface area contributed by atoms with Crippen molar-refractivity contribution in [2.75, 3.05) is 16.7 Å². The third-order valence-electron chi connectivity index (χ3n) is 5.57. The molecule has 3 aromatic carbocycles. The van der Waals surface area contributed by atoms with Crippen LogP contribution in [0.15, 0.2) is 78.9 Å². The summed E-state index contributed by atoms with van der Waals surface area (Å²) in [4.78, 5) is 10.7. The lowest BCUT2D eigenvalue weighted by Gasteiger charge is -2.27. The van der Waals surface area contributed by atoms with Gasteiger partial charge in [0.05, 0.1) is 30.2 Å². The van der Waals surface area contributed by atoms with E-state index in [1.54, 1.807) is 61.5 Å². The molecular weight excluding hydrogens is 519 g/mol. The molecule has 0 heterocycles. The molecule has 3 rings (SSSR count). The quantitative estimate of drug-likeness (QED) is 0.274. The second-order valence-corrected chi connectivity index (χ2v) is 10.5. The van der Waals surface area contributed by atoms with Crippen molar-refractivity contribution in [1.82, 2.24) is 0 Å². The lowest BCUT2D eigenvalue weighted by Crippen LogP contribution is -2.33. The maximum Gasteiger partial charge on any atom is 0.416 e. The Kier molecular flexibility index (Phi) is 9.57. The van der Waals surface area contributed by atoms with Gasteiger partial charge in [0, 0.05) is 12.5 Å². The maximum absolute atomic E-state index is 13.5. The van der Waals surface area contributed by atoms with Gasteiger partial charge in [0.25, 0.3) is 0 Å². The van der Waals surface area contributed by atoms with Crippen LogP contribution in [0.5, 0.6) is 5.75 Å². The SMILES string of the molecule is CCCS(=O)(=O)N(Cc1ccccc1)c1ccc(C(F)(F)F)cc1OCCc1ccc(/C=C/C(=O)O)cc1. The highest BCUT2D eigenvalue weighted by molar-refractivity contribution is 7.92. The van der Waals surface area contributed by atoms with Gasteiger partial charge < -0.3 is 9.84 Å². The minimum absolute atomic E-state index is 0.00831. The van der Waals surface area contributed by atoms with Crippen LogP contribution in [-0.4, -0.2) is 31.9 Å². The number of anilines is 1. The zero-order chi connectivity index (χ0) is 27.8. The molecule has 3 aromatic rings. The van der Waals surface area contributed by atoms with Gasteiger partial charge >= 0.3 is 12.1 Å². The van der Waals surface area contributed by atoms with Crippen molar-refractivity contribution >= 4 is 27.8 Å². The third kappa shape index (κ3) is 8.11. The highest BCUT2D eigenvalue weighted by atomic mass is 32.2. The first kappa shape index (κ1) is 28.8. The van der Waals surface area contributed by atoms with Crippen LogP contribution in [0.4, 0.5) is 18.9 Å². The van der Waals surface area contributed by atoms with Crippen LogP contribution in [0, 0.1) is 0 Å². The lowest BCUT2D eigenvalue weighted by molar-refractivity contribution is -0.137. The number of alkyl halides is 3. The summed E-state index contributed by atoms with van der Waals surface area (Å²) in [5, 5.41) is 8.73. The molecule has 10 heteroatoms. The van der Waals surface area contributed by atoms with Crippen LogP contribution < -0.4 is 9.04 Å². The van der Waals surface area contributed by atoms with E-state index in [0.29, 0.717) is 24.0 Å². The van der Waals surface area contributed by atoms with Crippen LogP contribution in [0.25, 0.3) is 6.08 Å². The number of nitrogens with zero attached hydrogens (tertiary/aromatic N) is 1. The van der Waals surface area contributed by atoms with E-state index in [9.17, 15) is 26.4 Å². The molecule has 0 aliphatic rings. The Bertz CT molecular complexity index is 1360. The Labute approximate surface area is 220 Å². The molecular formula is C28H28F3NO5S. The number of halogens is 3. The predicted molar refractivity (Wildman–Crippen MR) is 140 cm³/mol. The molecule has 6 nitrogen and oxygen atoms in total. The first-order chi connectivity index (χ1) is 18.0. The van der Waals surface area contributed by atoms with Crippen LogP contribution in [0.2, 0.25) is 0 Å². The molecule has 0 spiro atoms. The van der Waals surface area contributed by atoms with E-state index in [2.05, 4.69) is 0 Å². The number of ether oxygens (including phenoxy) is 1. The number of rotatable bonds is 12. The second kappa shape index (κ2) is 12.6. The molecule has 0 unspecified atom stereocenters. The van der Waals surface area contributed by atoms with Crippen molar-refractivity contribution < 1.29 is 36.2 Å². The van der Waals surface area contributed by atoms with E-state index in [-0.39, 0.29) is 30.3 Å². The molecule has 0 amide bonds. The molecule has 0 fully saturated rings. The van der Waals surface area contributed by atoms with Crippen LogP contribution in [0.3, 0.4) is 0 Å². The van der Waals surface area contributed by atoms with Crippen LogP contribution in [0.1, 0.15) is 35.6 Å². The third-order valence-corrected chi connectivity index (χ3v) is 7.49. The maximum atomic E-state index is 13.5. The average Bonchev–Trinajstić information content (AvgIpc) is 2.87. The van der Waals surface area contributed by atoms with E-state index in [0.717, 1.165) is 34.1 Å². The average molecular weight is 548 g/mol. The number of aliphatic carboxylic acids is 1. The van der Waals surface area contributed by atoms with Crippen LogP contribution in [-0.2, 0) is 34.0 Å². The monoisotopic (exact) mass is 547 g/mol. The van der Waals surface area contributed by atoms with E-state index in [4.69, 9.17) is 9.84 Å². The standard InChI is InChI=1S/C28H28F3NO5S/c1-2-18-38(35,36)32(20-23-6-4-3-5-7-23)25-14-13-24(28(29,30)31)19-26(25)37-17-16-22-10-8-21(9-11-22)12-15-27(33)34/h3-15,19H,2,16-18,20H2,1H3,(H,33,34)/b15-12+. The summed E-state index contributed by atoms with van der Waals surface area (Å²) < 4.78 is 73.8. The Hall–Kier alpha value is -3.79. The zero-order valence-corrected chi connectivity index (χ0v) is 21.5. The molecule has 1 N–H and O–H groups in total. The van der Waals surface area contributed by atoms with Crippen molar-refractivity contribution in [3.63, 3.8) is 0 Å². The van der Waals surface area contributed by atoms with Crippen molar-refractivity contribution in [3.8, 4) is 5.75 Å². The van der Waals surface area contributed by atoms with Crippen molar-refractivity contribution in [2.24, 2.45) is 0 Å². The number of carbonyl (C=O) groups is 1. The van der Waals surface area contributed by atoms with Crippen LogP contribution >= 0.6 is 0 Å². The van der Waals surface area contributed by atoms with E-state index in [1.165, 1.54) is 6.08 Å². The summed E-state index contributed by atoms with van der Waals surface area (Å²) in [6.45, 7) is 1.65. The Morgan fingerprint density at radius 2 is 1.68 bits per heavy atom. The summed E-state index contributed by atoms with van der Waals surface area (Å²) in [6.07, 6.45) is -1.51. The fourth-order valence-electron chi connectivity index (χ4n) is 3.70. The summed E-state index contributed by atoms with van der Waals surface area (Å²) in [5.41, 5.74) is 1.25. The second-order valence-electron chi connectivity index (χ2n) is 8.50. The Morgan fingerprint density at radius 3 is 2.29 bits per heavy atom. The largest absolute Gasteiger partial charge is 0.491 e. The molecule has 0 aromatic heterocycles. The minimum Gasteiger partial charge on any atom is -0.491 e. The first-order valence-electron chi connectivity index (χ1n) is 11.9. The van der Waals surface area contributed by atoms with Gasteiger partial charge in [-0.05, 0) is 47.4 Å². The number of hydrogen-bond acceptors (Lipinski definition) is 4. The van der Waals surface area contributed by atoms with E-state index >= 15 is 0 Å². The minimum atomic E-state index is -4.64. The van der Waals surface area contributed by atoms with Crippen molar-refractivity contribution in [3.05, 3.63) is 101 Å². The number of carboxylic acids is 1.